The van der Waals surface area contributed by atoms with E-state index >= 15 is 0 Å². The van der Waals surface area contributed by atoms with Crippen molar-refractivity contribution in [1.82, 2.24) is 0 Å². The number of hydrogen-bond donors (Lipinski definition) is 1. The molecular formula is C8H10NO-. The Morgan fingerprint density at radius 3 is 2.60 bits per heavy atom. The van der Waals surface area contributed by atoms with Gasteiger partial charge in [0.15, 0.2) is 0 Å². The standard InChI is InChI=1S/C8H11NO/c1-6-7(9-2)4-3-5-8(6)10/h3-5,9-10H,1-2H3/p-1. The summed E-state index contributed by atoms with van der Waals surface area (Å²) in [5, 5.41) is 13.9. The van der Waals surface area contributed by atoms with E-state index < -0.39 is 0 Å². The molecule has 54 valence electrons. The molecule has 0 saturated carbocycles. The molecule has 0 bridgehead atoms. The van der Waals surface area contributed by atoms with Crippen LogP contribution in [0.25, 0.3) is 0 Å². The second-order valence-electron chi connectivity index (χ2n) is 2.18. The summed E-state index contributed by atoms with van der Waals surface area (Å²) >= 11 is 0. The van der Waals surface area contributed by atoms with Crippen LogP contribution >= 0.6 is 0 Å². The molecule has 1 aromatic rings. The van der Waals surface area contributed by atoms with E-state index in [1.54, 1.807) is 12.1 Å². The smallest absolute Gasteiger partial charge is 0.0361 e. The Morgan fingerprint density at radius 1 is 1.40 bits per heavy atom. The Morgan fingerprint density at radius 2 is 2.10 bits per heavy atom. The zero-order valence-electron chi connectivity index (χ0n) is 6.14. The first-order chi connectivity index (χ1) is 4.75. The van der Waals surface area contributed by atoms with Crippen molar-refractivity contribution in [2.45, 2.75) is 6.92 Å². The topological polar surface area (TPSA) is 35.1 Å². The number of hydrogen-bond acceptors (Lipinski definition) is 2. The molecule has 10 heavy (non-hydrogen) atoms. The molecule has 2 nitrogen and oxygen atoms in total. The number of rotatable bonds is 1. The highest BCUT2D eigenvalue weighted by Gasteiger charge is 1.91. The van der Waals surface area contributed by atoms with Crippen LogP contribution in [-0.2, 0) is 0 Å². The van der Waals surface area contributed by atoms with Gasteiger partial charge in [0.1, 0.15) is 0 Å². The lowest BCUT2D eigenvalue weighted by Crippen LogP contribution is -1.97. The van der Waals surface area contributed by atoms with E-state index in [9.17, 15) is 5.11 Å². The first kappa shape index (κ1) is 6.93. The van der Waals surface area contributed by atoms with Gasteiger partial charge in [0.05, 0.1) is 0 Å². The Balaban J connectivity index is 3.14. The fourth-order valence-corrected chi connectivity index (χ4v) is 0.885. The number of anilines is 1. The first-order valence-corrected chi connectivity index (χ1v) is 3.20. The van der Waals surface area contributed by atoms with Crippen molar-refractivity contribution in [2.75, 3.05) is 12.4 Å². The van der Waals surface area contributed by atoms with Gasteiger partial charge in [-0.2, -0.15) is 0 Å². The minimum absolute atomic E-state index is 0.0897. The fraction of sp³-hybridized carbons (Fsp3) is 0.250. The van der Waals surface area contributed by atoms with Crippen LogP contribution in [0.4, 0.5) is 5.69 Å². The maximum absolute atomic E-state index is 11.0. The lowest BCUT2D eigenvalue weighted by molar-refractivity contribution is -0.269. The van der Waals surface area contributed by atoms with Gasteiger partial charge in [-0.3, -0.25) is 0 Å². The molecule has 1 N–H and O–H groups in total. The van der Waals surface area contributed by atoms with E-state index in [1.165, 1.54) is 0 Å². The van der Waals surface area contributed by atoms with Crippen LogP contribution in [0.15, 0.2) is 18.2 Å². The molecule has 0 aliphatic heterocycles. The van der Waals surface area contributed by atoms with Crippen molar-refractivity contribution in [1.29, 1.82) is 0 Å². The highest BCUT2D eigenvalue weighted by molar-refractivity contribution is 5.55. The molecule has 1 rings (SSSR count). The molecule has 0 atom stereocenters. The zero-order chi connectivity index (χ0) is 7.56. The van der Waals surface area contributed by atoms with Gasteiger partial charge >= 0.3 is 0 Å². The molecule has 2 heteroatoms. The summed E-state index contributed by atoms with van der Waals surface area (Å²) in [5.41, 5.74) is 1.69. The Hall–Kier alpha value is -1.18. The van der Waals surface area contributed by atoms with E-state index in [1.807, 2.05) is 20.0 Å². The van der Waals surface area contributed by atoms with Crippen LogP contribution in [0.5, 0.6) is 5.75 Å². The van der Waals surface area contributed by atoms with Crippen molar-refractivity contribution in [3.05, 3.63) is 23.8 Å². The normalized spacial score (nSPS) is 9.40. The lowest BCUT2D eigenvalue weighted by Gasteiger charge is -2.13. The fourth-order valence-electron chi connectivity index (χ4n) is 0.885. The largest absolute Gasteiger partial charge is 0.872 e. The molecule has 0 radical (unpaired) electrons. The van der Waals surface area contributed by atoms with E-state index in [4.69, 9.17) is 0 Å². The van der Waals surface area contributed by atoms with Crippen molar-refractivity contribution >= 4 is 5.69 Å². The Labute approximate surface area is 60.5 Å². The van der Waals surface area contributed by atoms with Crippen molar-refractivity contribution < 1.29 is 5.11 Å². The zero-order valence-corrected chi connectivity index (χ0v) is 6.14. The van der Waals surface area contributed by atoms with Gasteiger partial charge in [-0.1, -0.05) is 12.1 Å². The predicted molar refractivity (Wildman–Crippen MR) is 40.2 cm³/mol. The molecule has 0 unspecified atom stereocenters. The average molecular weight is 136 g/mol. The molecule has 0 heterocycles. The van der Waals surface area contributed by atoms with Crippen LogP contribution in [-0.4, -0.2) is 7.05 Å². The van der Waals surface area contributed by atoms with Gasteiger partial charge in [-0.25, -0.2) is 0 Å². The third-order valence-electron chi connectivity index (χ3n) is 1.55. The minimum Gasteiger partial charge on any atom is -0.872 e. The van der Waals surface area contributed by atoms with Gasteiger partial charge in [0, 0.05) is 12.7 Å². The van der Waals surface area contributed by atoms with Crippen LogP contribution in [0.2, 0.25) is 0 Å². The molecule has 0 amide bonds. The quantitative estimate of drug-likeness (QED) is 0.627. The molecule has 1 aromatic carbocycles. The van der Waals surface area contributed by atoms with Crippen LogP contribution < -0.4 is 10.4 Å². The van der Waals surface area contributed by atoms with Gasteiger partial charge in [0.25, 0.3) is 0 Å². The molecule has 0 aromatic heterocycles. The Bertz CT molecular complexity index is 233. The van der Waals surface area contributed by atoms with Crippen LogP contribution in [0, 0.1) is 6.92 Å². The number of nitrogens with one attached hydrogen (secondary N) is 1. The van der Waals surface area contributed by atoms with Gasteiger partial charge < -0.3 is 10.4 Å². The van der Waals surface area contributed by atoms with E-state index in [-0.39, 0.29) is 5.75 Å². The van der Waals surface area contributed by atoms with E-state index in [0.29, 0.717) is 0 Å². The summed E-state index contributed by atoms with van der Waals surface area (Å²) in [4.78, 5) is 0. The lowest BCUT2D eigenvalue weighted by atomic mass is 10.2. The third kappa shape index (κ3) is 1.05. The molecular weight excluding hydrogens is 126 g/mol. The van der Waals surface area contributed by atoms with Gasteiger partial charge in [-0.05, 0) is 18.6 Å². The highest BCUT2D eigenvalue weighted by Crippen LogP contribution is 2.20. The van der Waals surface area contributed by atoms with Crippen molar-refractivity contribution in [3.8, 4) is 5.75 Å². The average Bonchev–Trinajstić information content (AvgIpc) is 1.95. The number of benzene rings is 1. The highest BCUT2D eigenvalue weighted by atomic mass is 16.3. The minimum atomic E-state index is 0.0897. The van der Waals surface area contributed by atoms with Crippen molar-refractivity contribution in [2.24, 2.45) is 0 Å². The van der Waals surface area contributed by atoms with Gasteiger partial charge in [0.2, 0.25) is 0 Å². The van der Waals surface area contributed by atoms with E-state index in [2.05, 4.69) is 5.32 Å². The maximum Gasteiger partial charge on any atom is 0.0361 e. The summed E-state index contributed by atoms with van der Waals surface area (Å²) in [6.07, 6.45) is 0. The second kappa shape index (κ2) is 2.60. The summed E-state index contributed by atoms with van der Waals surface area (Å²) in [7, 11) is 1.81. The predicted octanol–water partition coefficient (Wildman–Crippen LogP) is 1.11. The van der Waals surface area contributed by atoms with E-state index in [0.717, 1.165) is 11.3 Å². The third-order valence-corrected chi connectivity index (χ3v) is 1.55. The Kier molecular flexibility index (Phi) is 1.81. The molecule has 0 fully saturated rings. The van der Waals surface area contributed by atoms with Gasteiger partial charge in [-0.15, -0.1) is 5.75 Å². The molecule has 0 saturated heterocycles. The summed E-state index contributed by atoms with van der Waals surface area (Å²) in [6, 6.07) is 5.20. The summed E-state index contributed by atoms with van der Waals surface area (Å²) in [6.45, 7) is 1.81. The summed E-state index contributed by atoms with van der Waals surface area (Å²) < 4.78 is 0. The van der Waals surface area contributed by atoms with Crippen LogP contribution in [0.1, 0.15) is 5.56 Å². The monoisotopic (exact) mass is 136 g/mol. The molecule has 0 aliphatic carbocycles. The SMILES string of the molecule is CNc1cccc([O-])c1C. The maximum atomic E-state index is 11.0. The molecule has 0 aliphatic rings. The first-order valence-electron chi connectivity index (χ1n) is 3.20. The van der Waals surface area contributed by atoms with Crippen LogP contribution in [0.3, 0.4) is 0 Å². The second-order valence-corrected chi connectivity index (χ2v) is 2.18. The molecule has 0 spiro atoms. The van der Waals surface area contributed by atoms with Crippen molar-refractivity contribution in [3.63, 3.8) is 0 Å². The summed E-state index contributed by atoms with van der Waals surface area (Å²) in [5.74, 6) is 0.0897.